The Hall–Kier alpha value is -2.92. The second-order valence-corrected chi connectivity index (χ2v) is 10.9. The fraction of sp³-hybridized carbons (Fsp3) is 0.130. The highest BCUT2D eigenvalue weighted by atomic mass is 35.5. The van der Waals surface area contributed by atoms with Gasteiger partial charge in [-0.3, -0.25) is 14.5 Å². The largest absolute Gasteiger partial charge is 0.503 e. The highest BCUT2D eigenvalue weighted by molar-refractivity contribution is 8.00. The zero-order chi connectivity index (χ0) is 23.8. The predicted molar refractivity (Wildman–Crippen MR) is 133 cm³/mol. The van der Waals surface area contributed by atoms with Crippen LogP contribution in [0.5, 0.6) is 0 Å². The standard InChI is InChI=1S/C23H16ClN3O4S3/c1-12-8-9-15(31-12)19(28)17-18(16-7-4-10-32-16)27(21(30)20(17)29)22-25-26-23(34-22)33-11-13-5-2-3-6-14(13)24/h2-10,18,29H,11H2,1H3. The van der Waals surface area contributed by atoms with Crippen LogP contribution in [0.15, 0.2) is 74.0 Å². The van der Waals surface area contributed by atoms with Gasteiger partial charge in [0.2, 0.25) is 10.9 Å². The van der Waals surface area contributed by atoms with E-state index in [2.05, 4.69) is 10.2 Å². The Morgan fingerprint density at radius 2 is 2.03 bits per heavy atom. The molecule has 1 unspecified atom stereocenters. The molecule has 0 aliphatic carbocycles. The van der Waals surface area contributed by atoms with Crippen LogP contribution in [-0.2, 0) is 10.5 Å². The monoisotopic (exact) mass is 529 g/mol. The fourth-order valence-corrected chi connectivity index (χ4v) is 6.53. The first-order valence-corrected chi connectivity index (χ1v) is 13.1. The molecule has 1 aliphatic rings. The Balaban J connectivity index is 1.46. The van der Waals surface area contributed by atoms with Gasteiger partial charge in [-0.05, 0) is 42.1 Å². The first kappa shape index (κ1) is 22.9. The Labute approximate surface area is 211 Å². The summed E-state index contributed by atoms with van der Waals surface area (Å²) in [6.07, 6.45) is 0. The van der Waals surface area contributed by atoms with Crippen molar-refractivity contribution in [3.05, 3.63) is 92.2 Å². The van der Waals surface area contributed by atoms with Crippen molar-refractivity contribution in [1.29, 1.82) is 0 Å². The minimum absolute atomic E-state index is 0.0396. The van der Waals surface area contributed by atoms with Crippen LogP contribution in [0.1, 0.15) is 32.8 Å². The van der Waals surface area contributed by atoms with E-state index in [0.29, 0.717) is 25.8 Å². The number of hydrogen-bond acceptors (Lipinski definition) is 9. The molecule has 1 aromatic carbocycles. The molecular formula is C23H16ClN3O4S3. The van der Waals surface area contributed by atoms with Gasteiger partial charge >= 0.3 is 0 Å². The van der Waals surface area contributed by atoms with E-state index in [4.69, 9.17) is 16.0 Å². The van der Waals surface area contributed by atoms with Crippen molar-refractivity contribution >= 4 is 62.9 Å². The smallest absolute Gasteiger partial charge is 0.296 e. The number of amides is 1. The number of aromatic nitrogens is 2. The van der Waals surface area contributed by atoms with Gasteiger partial charge in [-0.15, -0.1) is 21.5 Å². The lowest BCUT2D eigenvalue weighted by Crippen LogP contribution is -2.30. The number of rotatable bonds is 7. The quantitative estimate of drug-likeness (QED) is 0.172. The maximum atomic E-state index is 13.3. The minimum Gasteiger partial charge on any atom is -0.503 e. The number of carbonyl (C=O) groups is 2. The molecule has 0 saturated carbocycles. The number of anilines is 1. The summed E-state index contributed by atoms with van der Waals surface area (Å²) in [5.74, 6) is -0.661. The van der Waals surface area contributed by atoms with Crippen molar-refractivity contribution in [2.24, 2.45) is 0 Å². The molecule has 3 aromatic heterocycles. The third-order valence-electron chi connectivity index (χ3n) is 5.14. The number of thiophene rings is 1. The molecule has 5 rings (SSSR count). The van der Waals surface area contributed by atoms with E-state index in [-0.39, 0.29) is 16.5 Å². The number of aryl methyl sites for hydroxylation is 1. The van der Waals surface area contributed by atoms with Crippen molar-refractivity contribution in [1.82, 2.24) is 10.2 Å². The zero-order valence-corrected chi connectivity index (χ0v) is 20.8. The van der Waals surface area contributed by atoms with E-state index in [0.717, 1.165) is 5.56 Å². The molecule has 7 nitrogen and oxygen atoms in total. The molecule has 1 aliphatic heterocycles. The van der Waals surface area contributed by atoms with Crippen molar-refractivity contribution in [3.8, 4) is 0 Å². The summed E-state index contributed by atoms with van der Waals surface area (Å²) >= 11 is 10.3. The second kappa shape index (κ2) is 9.38. The molecule has 0 bridgehead atoms. The first-order chi connectivity index (χ1) is 16.4. The number of carbonyl (C=O) groups excluding carboxylic acids is 2. The van der Waals surface area contributed by atoms with E-state index >= 15 is 0 Å². The lowest BCUT2D eigenvalue weighted by atomic mass is 10.0. The molecule has 4 heterocycles. The normalized spacial score (nSPS) is 16.0. The number of hydrogen-bond donors (Lipinski definition) is 1. The van der Waals surface area contributed by atoms with Crippen LogP contribution in [-0.4, -0.2) is 27.0 Å². The van der Waals surface area contributed by atoms with Crippen LogP contribution >= 0.6 is 46.0 Å². The minimum atomic E-state index is -0.834. The van der Waals surface area contributed by atoms with Gasteiger partial charge < -0.3 is 9.52 Å². The van der Waals surface area contributed by atoms with Crippen molar-refractivity contribution in [3.63, 3.8) is 0 Å². The Morgan fingerprint density at radius 1 is 1.21 bits per heavy atom. The fourth-order valence-electron chi connectivity index (χ4n) is 3.55. The van der Waals surface area contributed by atoms with E-state index < -0.39 is 23.5 Å². The molecule has 34 heavy (non-hydrogen) atoms. The number of halogens is 1. The Kier molecular flexibility index (Phi) is 6.30. The van der Waals surface area contributed by atoms with Crippen molar-refractivity contribution < 1.29 is 19.1 Å². The summed E-state index contributed by atoms with van der Waals surface area (Å²) in [5, 5.41) is 22.0. The van der Waals surface area contributed by atoms with E-state index in [1.807, 2.05) is 41.8 Å². The number of Topliss-reactive ketones (excluding diaryl/α,β-unsaturated/α-hetero) is 1. The van der Waals surface area contributed by atoms with Crippen LogP contribution < -0.4 is 4.90 Å². The van der Waals surface area contributed by atoms with E-state index in [9.17, 15) is 14.7 Å². The van der Waals surface area contributed by atoms with Crippen molar-refractivity contribution in [2.75, 3.05) is 4.90 Å². The Bertz CT molecular complexity index is 1410. The second-order valence-electron chi connectivity index (χ2n) is 7.33. The number of aliphatic hydroxyl groups excluding tert-OH is 1. The molecule has 0 spiro atoms. The summed E-state index contributed by atoms with van der Waals surface area (Å²) in [4.78, 5) is 28.4. The lowest BCUT2D eigenvalue weighted by molar-refractivity contribution is -0.117. The van der Waals surface area contributed by atoms with Crippen LogP contribution in [0.25, 0.3) is 0 Å². The molecule has 172 valence electrons. The summed E-state index contributed by atoms with van der Waals surface area (Å²) in [7, 11) is 0. The molecule has 1 amide bonds. The van der Waals surface area contributed by atoms with Gasteiger partial charge in [0, 0.05) is 15.7 Å². The average Bonchev–Trinajstić information content (AvgIpc) is 3.62. The molecule has 1 atom stereocenters. The highest BCUT2D eigenvalue weighted by Crippen LogP contribution is 2.45. The van der Waals surface area contributed by atoms with Gasteiger partial charge in [0.25, 0.3) is 5.91 Å². The van der Waals surface area contributed by atoms with Gasteiger partial charge in [0.1, 0.15) is 11.8 Å². The van der Waals surface area contributed by atoms with Crippen LogP contribution in [0, 0.1) is 6.92 Å². The average molecular weight is 530 g/mol. The third-order valence-corrected chi connectivity index (χ3v) is 8.54. The number of thioether (sulfide) groups is 1. The lowest BCUT2D eigenvalue weighted by Gasteiger charge is -2.22. The molecule has 11 heteroatoms. The summed E-state index contributed by atoms with van der Waals surface area (Å²) in [6, 6.07) is 13.5. The number of ketones is 1. The molecule has 1 N–H and O–H groups in total. The van der Waals surface area contributed by atoms with Gasteiger partial charge in [-0.25, -0.2) is 0 Å². The van der Waals surface area contributed by atoms with Crippen LogP contribution in [0.4, 0.5) is 5.13 Å². The predicted octanol–water partition coefficient (Wildman–Crippen LogP) is 6.23. The molecular weight excluding hydrogens is 514 g/mol. The molecule has 0 saturated heterocycles. The Morgan fingerprint density at radius 3 is 2.74 bits per heavy atom. The van der Waals surface area contributed by atoms with Gasteiger partial charge in [-0.1, -0.05) is 59.0 Å². The number of nitrogens with zero attached hydrogens (tertiary/aromatic N) is 3. The van der Waals surface area contributed by atoms with E-state index in [1.165, 1.54) is 45.4 Å². The molecule has 0 radical (unpaired) electrons. The maximum Gasteiger partial charge on any atom is 0.296 e. The number of furan rings is 1. The topological polar surface area (TPSA) is 96.5 Å². The first-order valence-electron chi connectivity index (χ1n) is 10.0. The molecule has 0 fully saturated rings. The summed E-state index contributed by atoms with van der Waals surface area (Å²) in [5.41, 5.74) is 0.919. The SMILES string of the molecule is Cc1ccc(C(=O)C2=C(O)C(=O)N(c3nnc(SCc4ccccc4Cl)s3)C2c2cccs2)o1. The van der Waals surface area contributed by atoms with Crippen LogP contribution in [0.3, 0.4) is 0 Å². The number of aliphatic hydroxyl groups is 1. The highest BCUT2D eigenvalue weighted by Gasteiger charge is 2.47. The summed E-state index contributed by atoms with van der Waals surface area (Å²) < 4.78 is 6.11. The molecule has 4 aromatic rings. The van der Waals surface area contributed by atoms with Gasteiger partial charge in [0.15, 0.2) is 15.9 Å². The van der Waals surface area contributed by atoms with Crippen LogP contribution in [0.2, 0.25) is 5.02 Å². The summed E-state index contributed by atoms with van der Waals surface area (Å²) in [6.45, 7) is 1.72. The number of benzene rings is 1. The van der Waals surface area contributed by atoms with Crippen molar-refractivity contribution in [2.45, 2.75) is 23.1 Å². The van der Waals surface area contributed by atoms with E-state index in [1.54, 1.807) is 13.0 Å². The van der Waals surface area contributed by atoms with Gasteiger partial charge in [0.05, 0.1) is 5.57 Å². The third kappa shape index (κ3) is 4.18. The zero-order valence-electron chi connectivity index (χ0n) is 17.6. The maximum absolute atomic E-state index is 13.3. The van der Waals surface area contributed by atoms with Gasteiger partial charge in [-0.2, -0.15) is 0 Å².